The van der Waals surface area contributed by atoms with E-state index >= 15 is 0 Å². The molecule has 0 aliphatic carbocycles. The maximum absolute atomic E-state index is 10.6. The average Bonchev–Trinajstić information content (AvgIpc) is 2.30. The minimum Gasteiger partial charge on any atom is -0.858 e. The van der Waals surface area contributed by atoms with Crippen LogP contribution in [0.3, 0.4) is 0 Å². The van der Waals surface area contributed by atoms with E-state index in [1.807, 2.05) is 0 Å². The number of nitrogens with one attached hydrogen (secondary N) is 2. The van der Waals surface area contributed by atoms with Crippen LogP contribution < -0.4 is 21.5 Å². The smallest absolute Gasteiger partial charge is 0.858 e. The normalized spacial score (nSPS) is 8.95. The molecule has 0 saturated carbocycles. The van der Waals surface area contributed by atoms with Crippen LogP contribution in [0.4, 0.5) is 0 Å². The molecule has 2 aromatic heterocycles. The Morgan fingerprint density at radius 2 is 1.79 bits per heavy atom. The van der Waals surface area contributed by atoms with Gasteiger partial charge in [0.25, 0.3) is 5.56 Å². The van der Waals surface area contributed by atoms with Gasteiger partial charge in [-0.05, 0) is 25.3 Å². The maximum Gasteiger partial charge on any atom is 2.00 e. The van der Waals surface area contributed by atoms with E-state index in [-0.39, 0.29) is 33.2 Å². The summed E-state index contributed by atoms with van der Waals surface area (Å²) in [5, 5.41) is 20.7. The second-order valence-electron chi connectivity index (χ2n) is 3.40. The molecule has 2 aromatic rings. The summed E-state index contributed by atoms with van der Waals surface area (Å²) >= 11 is 0. The van der Waals surface area contributed by atoms with Gasteiger partial charge in [-0.25, -0.2) is 4.79 Å². The van der Waals surface area contributed by atoms with E-state index in [4.69, 9.17) is 0 Å². The van der Waals surface area contributed by atoms with Crippen molar-refractivity contribution in [3.63, 3.8) is 0 Å². The fraction of sp³-hybridized carbons (Fsp3) is 0.200. The second kappa shape index (κ2) is 7.67. The van der Waals surface area contributed by atoms with Crippen LogP contribution in [-0.2, 0) is 27.7 Å². The molecule has 96 valence electrons. The van der Waals surface area contributed by atoms with Crippen molar-refractivity contribution in [3.8, 4) is 11.9 Å². The van der Waals surface area contributed by atoms with Gasteiger partial charge in [0.2, 0.25) is 0 Å². The molecule has 0 amide bonds. The average molecular weight is 451 g/mol. The van der Waals surface area contributed by atoms with Crippen LogP contribution in [0, 0.1) is 13.8 Å². The Hall–Kier alpha value is -1.70. The molecule has 19 heavy (non-hydrogen) atoms. The number of hydrogen-bond donors (Lipinski definition) is 2. The van der Waals surface area contributed by atoms with Gasteiger partial charge in [0.1, 0.15) is 0 Å². The molecule has 2 heterocycles. The number of hydrogen-bond acceptors (Lipinski definition) is 6. The van der Waals surface area contributed by atoms with E-state index in [1.54, 1.807) is 13.8 Å². The zero-order chi connectivity index (χ0) is 13.7. The van der Waals surface area contributed by atoms with E-state index < -0.39 is 17.6 Å². The second-order valence-corrected chi connectivity index (χ2v) is 3.40. The Morgan fingerprint density at radius 3 is 2.21 bits per heavy atom. The Labute approximate surface area is 128 Å². The summed E-state index contributed by atoms with van der Waals surface area (Å²) in [6.45, 7) is 3.18. The molecule has 0 spiro atoms. The van der Waals surface area contributed by atoms with Crippen LogP contribution >= 0.6 is 0 Å². The molecule has 0 bridgehead atoms. The molecule has 8 nitrogen and oxygen atoms in total. The van der Waals surface area contributed by atoms with Crippen molar-refractivity contribution in [1.82, 2.24) is 19.9 Å². The molecule has 0 fully saturated rings. The van der Waals surface area contributed by atoms with E-state index in [0.717, 1.165) is 0 Å². The third-order valence-electron chi connectivity index (χ3n) is 1.91. The van der Waals surface area contributed by atoms with Crippen LogP contribution in [0.1, 0.15) is 11.1 Å². The quantitative estimate of drug-likeness (QED) is 0.459. The molecule has 0 unspecified atom stereocenters. The van der Waals surface area contributed by atoms with Gasteiger partial charge < -0.3 is 15.2 Å². The van der Waals surface area contributed by atoms with Gasteiger partial charge in [-0.1, -0.05) is 0 Å². The Bertz CT molecular complexity index is 652. The van der Waals surface area contributed by atoms with Gasteiger partial charge >= 0.3 is 33.4 Å². The summed E-state index contributed by atoms with van der Waals surface area (Å²) in [5.74, 6) is -0.491. The van der Waals surface area contributed by atoms with Crippen LogP contribution in [0.25, 0.3) is 0 Å². The van der Waals surface area contributed by atoms with Crippen molar-refractivity contribution in [2.45, 2.75) is 13.8 Å². The summed E-state index contributed by atoms with van der Waals surface area (Å²) in [7, 11) is 0. The van der Waals surface area contributed by atoms with Gasteiger partial charge in [-0.15, -0.1) is 0 Å². The van der Waals surface area contributed by atoms with Crippen LogP contribution in [0.2, 0.25) is 0 Å². The number of aromatic amines is 2. The number of aromatic nitrogens is 4. The number of rotatable bonds is 0. The molecule has 0 saturated heterocycles. The van der Waals surface area contributed by atoms with E-state index in [0.29, 0.717) is 11.1 Å². The maximum atomic E-state index is 10.6. The van der Waals surface area contributed by atoms with E-state index in [2.05, 4.69) is 19.9 Å². The fourth-order valence-electron chi connectivity index (χ4n) is 0.888. The zero-order valence-electron chi connectivity index (χ0n) is 10.4. The number of nitrogens with zero attached hydrogens (tertiary/aromatic N) is 2. The van der Waals surface area contributed by atoms with Crippen LogP contribution in [0.15, 0.2) is 22.0 Å². The summed E-state index contributed by atoms with van der Waals surface area (Å²) in [6, 6.07) is -0.717. The monoisotopic (exact) mass is 452 g/mol. The van der Waals surface area contributed by atoms with Crippen molar-refractivity contribution in [2.24, 2.45) is 0 Å². The van der Waals surface area contributed by atoms with Gasteiger partial charge in [0, 0.05) is 18.0 Å². The molecule has 0 aliphatic heterocycles. The molecule has 9 heteroatoms. The van der Waals surface area contributed by atoms with E-state index in [9.17, 15) is 19.8 Å². The first-order valence-corrected chi connectivity index (χ1v) is 4.86. The van der Waals surface area contributed by atoms with Gasteiger partial charge in [-0.2, -0.15) is 0 Å². The molecule has 0 atom stereocenters. The minimum absolute atomic E-state index is 0. The number of aryl methyl sites for hydroxylation is 2. The largest absolute Gasteiger partial charge is 2.00 e. The third kappa shape index (κ3) is 5.64. The molecule has 2 N–H and O–H groups in total. The van der Waals surface area contributed by atoms with Gasteiger partial charge in [0.05, 0.1) is 6.01 Å². The Morgan fingerprint density at radius 1 is 1.16 bits per heavy atom. The van der Waals surface area contributed by atoms with Gasteiger partial charge in [-0.3, -0.25) is 19.7 Å². The van der Waals surface area contributed by atoms with Crippen molar-refractivity contribution in [3.05, 3.63) is 44.4 Å². The van der Waals surface area contributed by atoms with Crippen LogP contribution in [-0.4, -0.2) is 19.9 Å². The van der Waals surface area contributed by atoms with Gasteiger partial charge in [0.15, 0.2) is 0 Å². The van der Waals surface area contributed by atoms with Crippen molar-refractivity contribution in [1.29, 1.82) is 0 Å². The first-order valence-electron chi connectivity index (χ1n) is 4.86. The summed E-state index contributed by atoms with van der Waals surface area (Å²) in [5.41, 5.74) is 0.105. The standard InChI is InChI=1S/2C5H6N2O2.Hg/c2*1-3-2-6-5(9)7-4(3)8;/h2*2H,1H3,(H2,6,7,8,9);/q;;+2/p-2. The Balaban J connectivity index is 0.000000324. The predicted octanol–water partition coefficient (Wildman–Crippen LogP) is -1.70. The SMILES string of the molecule is Cc1c[nH]c(=O)[nH]c1=O.Cc1cnc([O-])nc1[O-].[Hg+2]. The summed E-state index contributed by atoms with van der Waals surface area (Å²) < 4.78 is 0. The van der Waals surface area contributed by atoms with Crippen molar-refractivity contribution < 1.29 is 37.9 Å². The molecular weight excluding hydrogens is 441 g/mol. The molecule has 0 aromatic carbocycles. The summed E-state index contributed by atoms with van der Waals surface area (Å²) in [6.07, 6.45) is 2.60. The van der Waals surface area contributed by atoms with Crippen LogP contribution in [0.5, 0.6) is 11.9 Å². The first kappa shape index (κ1) is 17.3. The number of H-pyrrole nitrogens is 2. The molecule has 0 aliphatic rings. The predicted molar refractivity (Wildman–Crippen MR) is 58.1 cm³/mol. The molecular formula is C10H10HgN4O4. The van der Waals surface area contributed by atoms with E-state index in [1.165, 1.54) is 12.4 Å². The zero-order valence-corrected chi connectivity index (χ0v) is 15.9. The molecule has 0 radical (unpaired) electrons. The topological polar surface area (TPSA) is 138 Å². The Kier molecular flexibility index (Phi) is 6.98. The van der Waals surface area contributed by atoms with Crippen molar-refractivity contribution in [2.75, 3.05) is 0 Å². The first-order chi connectivity index (χ1) is 8.40. The third-order valence-corrected chi connectivity index (χ3v) is 1.91. The minimum atomic E-state index is -0.717. The summed E-state index contributed by atoms with van der Waals surface area (Å²) in [4.78, 5) is 31.6. The van der Waals surface area contributed by atoms with Crippen molar-refractivity contribution >= 4 is 0 Å². The fourth-order valence-corrected chi connectivity index (χ4v) is 0.888. The molecule has 2 rings (SSSR count).